The molecule has 6 nitrogen and oxygen atoms in total. The SMILES string of the molecule is COC(=O)[C@@H]1CCCN1C(=O)[C@H](C)C[S-].[CH]1C=CC=C1.[N-]=O.[Re].c1ccc(P(c2ccccc2)c2ccccc2)cc1. The first-order valence-corrected chi connectivity index (χ1v) is 15.2. The number of allylic oxidation sites excluding steroid dienone is 4. The topological polar surface area (TPSA) is 86.0 Å². The van der Waals surface area contributed by atoms with Crippen LogP contribution < -0.4 is 15.9 Å². The van der Waals surface area contributed by atoms with Gasteiger partial charge in [-0.25, -0.2) is 4.79 Å². The van der Waals surface area contributed by atoms with Gasteiger partial charge in [-0.2, -0.15) is 5.75 Å². The minimum absolute atomic E-state index is 0. The Morgan fingerprint density at radius 3 is 1.62 bits per heavy atom. The Kier molecular flexibility index (Phi) is 19.3. The van der Waals surface area contributed by atoms with Gasteiger partial charge in [-0.05, 0) is 36.7 Å². The molecule has 1 fully saturated rings. The van der Waals surface area contributed by atoms with Crippen molar-refractivity contribution in [3.63, 3.8) is 0 Å². The third-order valence-corrected chi connectivity index (χ3v) is 9.22. The summed E-state index contributed by atoms with van der Waals surface area (Å²) in [5.74, 6) is -0.149. The van der Waals surface area contributed by atoms with Crippen LogP contribution in [0.4, 0.5) is 0 Å². The smallest absolute Gasteiger partial charge is 0.328 e. The number of carbonyl (C=O) groups excluding carboxylic acids is 2. The van der Waals surface area contributed by atoms with Crippen molar-refractivity contribution in [1.82, 2.24) is 4.90 Å². The fourth-order valence-corrected chi connectivity index (χ4v) is 6.71. The summed E-state index contributed by atoms with van der Waals surface area (Å²) in [5, 5.41) is 4.19. The molecule has 1 heterocycles. The van der Waals surface area contributed by atoms with Crippen LogP contribution in [0.5, 0.6) is 0 Å². The molecule has 5 rings (SSSR count). The van der Waals surface area contributed by atoms with Gasteiger partial charge in [-0.1, -0.05) is 122 Å². The predicted octanol–water partition coefficient (Wildman–Crippen LogP) is 5.41. The van der Waals surface area contributed by atoms with Crippen LogP contribution >= 0.6 is 7.92 Å². The minimum Gasteiger partial charge on any atom is -0.792 e. The summed E-state index contributed by atoms with van der Waals surface area (Å²) in [7, 11) is 0.901. The van der Waals surface area contributed by atoms with Crippen molar-refractivity contribution in [2.45, 2.75) is 25.8 Å². The van der Waals surface area contributed by atoms with Crippen molar-refractivity contribution in [2.24, 2.45) is 5.92 Å². The van der Waals surface area contributed by atoms with Gasteiger partial charge in [0.05, 0.1) is 7.11 Å². The van der Waals surface area contributed by atoms with Crippen molar-refractivity contribution in [1.29, 1.82) is 0 Å². The van der Waals surface area contributed by atoms with E-state index < -0.39 is 14.0 Å². The average Bonchev–Trinajstić information content (AvgIpc) is 3.79. The van der Waals surface area contributed by atoms with E-state index in [4.69, 9.17) is 23.1 Å². The van der Waals surface area contributed by atoms with Crippen molar-refractivity contribution in [2.75, 3.05) is 19.4 Å². The van der Waals surface area contributed by atoms with Gasteiger partial charge in [0.2, 0.25) is 5.91 Å². The third kappa shape index (κ3) is 11.8. The second-order valence-electron chi connectivity index (χ2n) is 9.08. The number of hydrogen-bond acceptors (Lipinski definition) is 5. The van der Waals surface area contributed by atoms with E-state index >= 15 is 0 Å². The molecule has 0 bridgehead atoms. The molecule has 9 heteroatoms. The molecule has 0 unspecified atom stereocenters. The number of likely N-dealkylation sites (tertiary alicyclic amines) is 1. The van der Waals surface area contributed by atoms with Crippen LogP contribution in [0.1, 0.15) is 19.8 Å². The van der Waals surface area contributed by atoms with Crippen LogP contribution in [0.3, 0.4) is 0 Å². The monoisotopic (exact) mass is 774 g/mol. The third-order valence-electron chi connectivity index (χ3n) is 6.28. The van der Waals surface area contributed by atoms with Crippen molar-refractivity contribution in [3.8, 4) is 0 Å². The molecule has 0 saturated carbocycles. The summed E-state index contributed by atoms with van der Waals surface area (Å²) in [6.45, 7) is 2.43. The molecular formula is C33H36N2O4PReS-2. The van der Waals surface area contributed by atoms with Crippen LogP contribution in [-0.2, 0) is 47.4 Å². The number of methoxy groups -OCH3 is 1. The maximum atomic E-state index is 11.9. The second-order valence-corrected chi connectivity index (χ2v) is 11.6. The molecule has 42 heavy (non-hydrogen) atoms. The number of carbonyl (C=O) groups is 2. The van der Waals surface area contributed by atoms with Gasteiger partial charge in [0.25, 0.3) is 0 Å². The van der Waals surface area contributed by atoms with E-state index in [-0.39, 0.29) is 38.2 Å². The predicted molar refractivity (Wildman–Crippen MR) is 173 cm³/mol. The first kappa shape index (κ1) is 37.1. The van der Waals surface area contributed by atoms with E-state index in [0.717, 1.165) is 6.42 Å². The quantitative estimate of drug-likeness (QED) is 0.190. The molecule has 1 aliphatic heterocycles. The number of nitrogens with zero attached hydrogens (tertiary/aromatic N) is 2. The molecule has 1 amide bonds. The van der Waals surface area contributed by atoms with Crippen LogP contribution in [0.15, 0.2) is 115 Å². The van der Waals surface area contributed by atoms with E-state index in [9.17, 15) is 9.59 Å². The Labute approximate surface area is 270 Å². The maximum Gasteiger partial charge on any atom is 0.328 e. The Balaban J connectivity index is 0.000000342. The van der Waals surface area contributed by atoms with E-state index in [1.54, 1.807) is 11.8 Å². The summed E-state index contributed by atoms with van der Waals surface area (Å²) in [6, 6.07) is 31.9. The van der Waals surface area contributed by atoms with Crippen LogP contribution in [0.2, 0.25) is 0 Å². The number of rotatable bonds is 6. The molecule has 0 aromatic heterocycles. The van der Waals surface area contributed by atoms with Gasteiger partial charge in [-0.3, -0.25) is 4.79 Å². The van der Waals surface area contributed by atoms with Crippen LogP contribution in [-0.4, -0.2) is 42.2 Å². The fraction of sp³-hybridized carbons (Fsp3) is 0.242. The molecule has 1 saturated heterocycles. The van der Waals surface area contributed by atoms with Gasteiger partial charge in [-0.15, -0.1) is 0 Å². The number of hydrogen-bond donors (Lipinski definition) is 0. The van der Waals surface area contributed by atoms with Crippen molar-refractivity contribution >= 4 is 48.3 Å². The van der Waals surface area contributed by atoms with Gasteiger partial charge in [0.1, 0.15) is 6.04 Å². The summed E-state index contributed by atoms with van der Waals surface area (Å²) in [4.78, 5) is 32.1. The Hall–Kier alpha value is -2.88. The van der Waals surface area contributed by atoms with E-state index in [2.05, 4.69) is 95.7 Å². The molecule has 3 aromatic rings. The maximum absolute atomic E-state index is 11.9. The van der Waals surface area contributed by atoms with Gasteiger partial charge >= 0.3 is 5.97 Å². The number of benzene rings is 3. The van der Waals surface area contributed by atoms with Crippen molar-refractivity contribution in [3.05, 3.63) is 132 Å². The zero-order valence-corrected chi connectivity index (χ0v) is 28.2. The number of ether oxygens (including phenoxy) is 1. The first-order valence-electron chi connectivity index (χ1n) is 13.3. The molecule has 3 aromatic carbocycles. The van der Waals surface area contributed by atoms with E-state index in [0.29, 0.717) is 18.7 Å². The van der Waals surface area contributed by atoms with Crippen molar-refractivity contribution < 1.29 is 34.7 Å². The number of amides is 1. The van der Waals surface area contributed by atoms with Crippen LogP contribution in [0.25, 0.3) is 5.59 Å². The Morgan fingerprint density at radius 2 is 1.29 bits per heavy atom. The molecule has 2 radical (unpaired) electrons. The first-order chi connectivity index (χ1) is 20.1. The molecule has 1 aliphatic carbocycles. The van der Waals surface area contributed by atoms with Gasteiger partial charge in [0, 0.05) is 39.3 Å². The average molecular weight is 774 g/mol. The summed E-state index contributed by atoms with van der Waals surface area (Å²) in [6.07, 6.45) is 11.6. The zero-order valence-electron chi connectivity index (χ0n) is 23.8. The second kappa shape index (κ2) is 21.8. The molecule has 2 aliphatic rings. The summed E-state index contributed by atoms with van der Waals surface area (Å²) >= 11 is 4.86. The molecule has 222 valence electrons. The molecule has 0 spiro atoms. The molecule has 2 atom stereocenters. The fourth-order valence-electron chi connectivity index (χ4n) is 4.27. The minimum atomic E-state index is -0.446. The van der Waals surface area contributed by atoms with Crippen LogP contribution in [0, 0.1) is 17.2 Å². The Bertz CT molecular complexity index is 1130. The van der Waals surface area contributed by atoms with E-state index in [1.165, 1.54) is 23.0 Å². The summed E-state index contributed by atoms with van der Waals surface area (Å²) in [5.41, 5.74) is 5.75. The standard InChI is InChI=1S/C18H15P.C10H17NO3S.C5H5.NO.Re/c1-4-10-16(11-5-1)19(17-12-6-2-7-13-17)18-14-8-3-9-15-18;1-7(6-15)9(12)11-5-3-4-8(11)10(13)14-2;1-2-4-5-3-1;1-2;/h1-15H;7-8,15H,3-6H2,1-2H3;1-5H;;/q;;;-1;/p-1/t;7-,8+;;;/m.1.../s1. The number of nitroso groups, excluding NO2 is 1. The van der Waals surface area contributed by atoms with E-state index in [1.807, 2.05) is 30.7 Å². The largest absolute Gasteiger partial charge is 0.792 e. The van der Waals surface area contributed by atoms with Gasteiger partial charge in [0.15, 0.2) is 0 Å². The molecular weight excluding hydrogens is 738 g/mol. The molecule has 0 N–H and O–H groups in total. The normalized spacial score (nSPS) is 15.0. The van der Waals surface area contributed by atoms with Gasteiger partial charge < -0.3 is 32.8 Å². The Morgan fingerprint density at radius 1 is 0.857 bits per heavy atom. The summed E-state index contributed by atoms with van der Waals surface area (Å²) < 4.78 is 4.67. The zero-order chi connectivity index (χ0) is 29.9. The number of esters is 1.